The number of primary amides is 1. The Labute approximate surface area is 255 Å². The molecule has 12 heteroatoms. The van der Waals surface area contributed by atoms with E-state index in [1.54, 1.807) is 29.2 Å². The number of ether oxygens (including phenoxy) is 1. The summed E-state index contributed by atoms with van der Waals surface area (Å²) in [5.74, 6) is -1.51. The average molecular weight is 603 g/mol. The molecule has 0 aliphatic carbocycles. The minimum atomic E-state index is -0.694. The van der Waals surface area contributed by atoms with Crippen LogP contribution in [0, 0.1) is 11.8 Å². The molecule has 1 aliphatic heterocycles. The number of hydrogen-bond donors (Lipinski definition) is 5. The molecule has 0 unspecified atom stereocenters. The van der Waals surface area contributed by atoms with Crippen molar-refractivity contribution >= 4 is 35.4 Å². The summed E-state index contributed by atoms with van der Waals surface area (Å²) in [6, 6.07) is 5.62. The number of hydrogen-bond acceptors (Lipinski definition) is 7. The molecule has 2 rings (SSSR count). The number of rotatable bonds is 18. The summed E-state index contributed by atoms with van der Waals surface area (Å²) in [5.41, 5.74) is 6.47. The number of carbonyl (C=O) groups excluding carboxylic acids is 5. The van der Waals surface area contributed by atoms with Gasteiger partial charge < -0.3 is 36.6 Å². The lowest BCUT2D eigenvalue weighted by molar-refractivity contribution is -0.131. The van der Waals surface area contributed by atoms with Gasteiger partial charge in [0.25, 0.3) is 0 Å². The molecule has 43 heavy (non-hydrogen) atoms. The van der Waals surface area contributed by atoms with Crippen LogP contribution < -0.4 is 27.0 Å². The third kappa shape index (κ3) is 13.9. The van der Waals surface area contributed by atoms with E-state index < -0.39 is 18.0 Å². The molecule has 2 atom stereocenters. The van der Waals surface area contributed by atoms with Gasteiger partial charge in [-0.15, -0.1) is 0 Å². The average Bonchev–Trinajstić information content (AvgIpc) is 2.99. The summed E-state index contributed by atoms with van der Waals surface area (Å²) in [6.07, 6.45) is 4.62. The minimum absolute atomic E-state index is 0.0541. The van der Waals surface area contributed by atoms with Crippen LogP contribution in [0.4, 0.5) is 15.3 Å². The van der Waals surface area contributed by atoms with Crippen LogP contribution >= 0.6 is 0 Å². The topological polar surface area (TPSA) is 172 Å². The van der Waals surface area contributed by atoms with Gasteiger partial charge >= 0.3 is 12.1 Å². The molecular weight excluding hydrogens is 552 g/mol. The van der Waals surface area contributed by atoms with Crippen LogP contribution in [-0.4, -0.2) is 73.4 Å². The zero-order valence-corrected chi connectivity index (χ0v) is 25.9. The van der Waals surface area contributed by atoms with Crippen LogP contribution in [0.25, 0.3) is 0 Å². The quantitative estimate of drug-likeness (QED) is 0.160. The number of ketones is 1. The number of nitrogens with two attached hydrogens (primary N) is 1. The molecular formula is C31H50N6O6. The fourth-order valence-corrected chi connectivity index (χ4v) is 4.85. The molecule has 5 amide bonds. The lowest BCUT2D eigenvalue weighted by Gasteiger charge is -2.26. The van der Waals surface area contributed by atoms with Crippen molar-refractivity contribution in [1.82, 2.24) is 20.9 Å². The molecule has 0 spiro atoms. The number of Topliss-reactive ketones (excluding diaryl/α,β-unsaturated/α-hetero) is 1. The second-order valence-electron chi connectivity index (χ2n) is 11.4. The van der Waals surface area contributed by atoms with Gasteiger partial charge in [0.2, 0.25) is 11.8 Å². The predicted molar refractivity (Wildman–Crippen MR) is 165 cm³/mol. The molecule has 1 aromatic carbocycles. The number of unbranched alkanes of at least 4 members (excludes halogenated alkanes) is 3. The second kappa shape index (κ2) is 19.5. The van der Waals surface area contributed by atoms with E-state index >= 15 is 0 Å². The molecule has 240 valence electrons. The Hall–Kier alpha value is -3.67. The largest absolute Gasteiger partial charge is 0.445 e. The number of piperazine rings is 1. The Balaban J connectivity index is 1.98. The van der Waals surface area contributed by atoms with Crippen molar-refractivity contribution in [3.05, 3.63) is 29.8 Å². The highest BCUT2D eigenvalue weighted by Crippen LogP contribution is 2.20. The SMILES string of the molecule is CCCCCCC(=O)N[C@H](C(=O)C[C@@H](CCCNC(N)=O)C(=O)Nc1ccc(COC(=O)N2CCNCC2)cc1)C(C)C. The molecule has 0 aromatic heterocycles. The fourth-order valence-electron chi connectivity index (χ4n) is 4.85. The first-order chi connectivity index (χ1) is 20.6. The molecule has 1 heterocycles. The zero-order valence-electron chi connectivity index (χ0n) is 25.9. The molecule has 1 aliphatic rings. The highest BCUT2D eigenvalue weighted by molar-refractivity contribution is 5.97. The summed E-state index contributed by atoms with van der Waals surface area (Å²) >= 11 is 0. The Morgan fingerprint density at radius 2 is 1.70 bits per heavy atom. The van der Waals surface area contributed by atoms with E-state index in [0.717, 1.165) is 44.3 Å². The smallest absolute Gasteiger partial charge is 0.410 e. The van der Waals surface area contributed by atoms with E-state index in [1.807, 2.05) is 13.8 Å². The number of anilines is 1. The van der Waals surface area contributed by atoms with Gasteiger partial charge in [0.05, 0.1) is 6.04 Å². The third-order valence-corrected chi connectivity index (χ3v) is 7.39. The van der Waals surface area contributed by atoms with Crippen molar-refractivity contribution in [3.8, 4) is 0 Å². The van der Waals surface area contributed by atoms with E-state index in [4.69, 9.17) is 10.5 Å². The zero-order chi connectivity index (χ0) is 31.6. The van der Waals surface area contributed by atoms with Crippen LogP contribution in [0.1, 0.15) is 77.7 Å². The number of nitrogens with zero attached hydrogens (tertiary/aromatic N) is 1. The van der Waals surface area contributed by atoms with Crippen molar-refractivity contribution in [2.45, 2.75) is 84.8 Å². The van der Waals surface area contributed by atoms with Crippen LogP contribution in [0.15, 0.2) is 24.3 Å². The normalized spacial score (nSPS) is 14.5. The molecule has 1 saturated heterocycles. The molecule has 0 bridgehead atoms. The summed E-state index contributed by atoms with van der Waals surface area (Å²) in [6.45, 7) is 8.92. The summed E-state index contributed by atoms with van der Waals surface area (Å²) in [4.78, 5) is 64.2. The number of benzene rings is 1. The lowest BCUT2D eigenvalue weighted by Crippen LogP contribution is -2.46. The number of carbonyl (C=O) groups is 5. The van der Waals surface area contributed by atoms with Crippen LogP contribution in [0.3, 0.4) is 0 Å². The molecule has 0 saturated carbocycles. The first-order valence-corrected chi connectivity index (χ1v) is 15.5. The summed E-state index contributed by atoms with van der Waals surface area (Å²) in [5, 5.41) is 11.5. The van der Waals surface area contributed by atoms with E-state index in [2.05, 4.69) is 28.2 Å². The Morgan fingerprint density at radius 3 is 2.33 bits per heavy atom. The van der Waals surface area contributed by atoms with E-state index in [0.29, 0.717) is 38.0 Å². The first-order valence-electron chi connectivity index (χ1n) is 15.5. The first kappa shape index (κ1) is 35.5. The van der Waals surface area contributed by atoms with Gasteiger partial charge in [0.15, 0.2) is 5.78 Å². The van der Waals surface area contributed by atoms with Gasteiger partial charge in [-0.1, -0.05) is 52.2 Å². The lowest BCUT2D eigenvalue weighted by atomic mass is 9.89. The molecule has 1 aromatic rings. The fraction of sp³-hybridized carbons (Fsp3) is 0.645. The van der Waals surface area contributed by atoms with Gasteiger partial charge in [0.1, 0.15) is 6.61 Å². The Morgan fingerprint density at radius 1 is 1.00 bits per heavy atom. The van der Waals surface area contributed by atoms with Gasteiger partial charge in [-0.2, -0.15) is 0 Å². The van der Waals surface area contributed by atoms with Crippen LogP contribution in [0.5, 0.6) is 0 Å². The van der Waals surface area contributed by atoms with E-state index in [1.165, 1.54) is 0 Å². The predicted octanol–water partition coefficient (Wildman–Crippen LogP) is 3.30. The van der Waals surface area contributed by atoms with Crippen molar-refractivity contribution in [3.63, 3.8) is 0 Å². The monoisotopic (exact) mass is 602 g/mol. The number of nitrogens with one attached hydrogen (secondary N) is 4. The van der Waals surface area contributed by atoms with E-state index in [9.17, 15) is 24.0 Å². The minimum Gasteiger partial charge on any atom is -0.445 e. The molecule has 6 N–H and O–H groups in total. The second-order valence-corrected chi connectivity index (χ2v) is 11.4. The van der Waals surface area contributed by atoms with Crippen molar-refractivity contribution < 1.29 is 28.7 Å². The summed E-state index contributed by atoms with van der Waals surface area (Å²) < 4.78 is 5.41. The van der Waals surface area contributed by atoms with E-state index in [-0.39, 0.29) is 49.2 Å². The Bertz CT molecular complexity index is 1040. The van der Waals surface area contributed by atoms with Crippen molar-refractivity contribution in [1.29, 1.82) is 0 Å². The maximum Gasteiger partial charge on any atom is 0.410 e. The van der Waals surface area contributed by atoms with Gasteiger partial charge in [-0.25, -0.2) is 9.59 Å². The van der Waals surface area contributed by atoms with Crippen molar-refractivity contribution in [2.24, 2.45) is 17.6 Å². The molecule has 1 fully saturated rings. The standard InChI is InChI=1S/C31H50N6O6/c1-4-5-6-7-10-27(39)36-28(22(2)3)26(38)20-24(9-8-15-34-30(32)41)29(40)35-25-13-11-23(12-14-25)21-43-31(42)37-18-16-33-17-19-37/h11-14,22,24,28,33H,4-10,15-21H2,1-3H3,(H,35,40)(H,36,39)(H3,32,34,41)/t24-,28+/m1/s1. The van der Waals surface area contributed by atoms with Crippen LogP contribution in [-0.2, 0) is 25.7 Å². The molecule has 0 radical (unpaired) electrons. The van der Waals surface area contributed by atoms with Gasteiger partial charge in [-0.05, 0) is 42.9 Å². The summed E-state index contributed by atoms with van der Waals surface area (Å²) in [7, 11) is 0. The van der Waals surface area contributed by atoms with Gasteiger partial charge in [0, 0.05) is 57.2 Å². The van der Waals surface area contributed by atoms with Crippen LogP contribution in [0.2, 0.25) is 0 Å². The number of urea groups is 1. The van der Waals surface area contributed by atoms with Crippen molar-refractivity contribution in [2.75, 3.05) is 38.0 Å². The maximum absolute atomic E-state index is 13.4. The third-order valence-electron chi connectivity index (χ3n) is 7.39. The van der Waals surface area contributed by atoms with Gasteiger partial charge in [-0.3, -0.25) is 14.4 Å². The highest BCUT2D eigenvalue weighted by Gasteiger charge is 2.29. The molecule has 12 nitrogen and oxygen atoms in total. The number of amides is 5. The highest BCUT2D eigenvalue weighted by atomic mass is 16.6. The maximum atomic E-state index is 13.4. The Kier molecular flexibility index (Phi) is 16.1.